The number of hydrogen-bond donors (Lipinski definition) is 0. The van der Waals surface area contributed by atoms with E-state index in [1.807, 2.05) is 0 Å². The molecule has 1 heterocycles. The number of aromatic nitrogens is 2. The predicted octanol–water partition coefficient (Wildman–Crippen LogP) is 0.743. The maximum Gasteiger partial charge on any atom is 0.153 e. The molecule has 0 radical (unpaired) electrons. The lowest BCUT2D eigenvalue weighted by atomic mass is 10.6. The van der Waals surface area contributed by atoms with Gasteiger partial charge in [-0.1, -0.05) is 5.18 Å². The van der Waals surface area contributed by atoms with Gasteiger partial charge in [0.2, 0.25) is 0 Å². The maximum absolute atomic E-state index is 9.64. The summed E-state index contributed by atoms with van der Waals surface area (Å²) >= 11 is 0. The largest absolute Gasteiger partial charge is 0.239 e. The van der Waals surface area contributed by atoms with Crippen molar-refractivity contribution >= 4 is 0 Å². The van der Waals surface area contributed by atoms with Crippen molar-refractivity contribution in [3.8, 4) is 0 Å². The highest BCUT2D eigenvalue weighted by molar-refractivity contribution is 4.87. The summed E-state index contributed by atoms with van der Waals surface area (Å²) in [5.41, 5.74) is 0. The van der Waals surface area contributed by atoms with E-state index < -0.39 is 0 Å². The molecule has 0 aromatic carbocycles. The molecule has 0 amide bonds. The van der Waals surface area contributed by atoms with Crippen molar-refractivity contribution in [2.75, 3.05) is 0 Å². The standard InChI is InChI=1S/C5H5N3O/c9-8-4-5-6-2-1-3-7-5/h1-3H,4H2. The highest BCUT2D eigenvalue weighted by Crippen LogP contribution is 1.87. The first-order valence-corrected chi connectivity index (χ1v) is 2.48. The number of rotatable bonds is 2. The van der Waals surface area contributed by atoms with Gasteiger partial charge in [-0.2, -0.15) is 4.91 Å². The van der Waals surface area contributed by atoms with Crippen molar-refractivity contribution < 1.29 is 0 Å². The molecule has 0 saturated heterocycles. The Morgan fingerprint density at radius 1 is 1.44 bits per heavy atom. The second-order valence-corrected chi connectivity index (χ2v) is 1.45. The van der Waals surface area contributed by atoms with Gasteiger partial charge in [-0.15, -0.1) is 0 Å². The van der Waals surface area contributed by atoms with Crippen molar-refractivity contribution in [2.45, 2.75) is 6.54 Å². The fourth-order valence-corrected chi connectivity index (χ4v) is 0.469. The summed E-state index contributed by atoms with van der Waals surface area (Å²) in [7, 11) is 0. The molecule has 46 valence electrons. The van der Waals surface area contributed by atoms with Crippen LogP contribution in [-0.4, -0.2) is 9.97 Å². The fourth-order valence-electron chi connectivity index (χ4n) is 0.469. The SMILES string of the molecule is O=NCc1ncccn1. The average Bonchev–Trinajstić information content (AvgIpc) is 1.91. The molecule has 0 N–H and O–H groups in total. The van der Waals surface area contributed by atoms with Gasteiger partial charge >= 0.3 is 0 Å². The molecule has 0 bridgehead atoms. The monoisotopic (exact) mass is 123 g/mol. The van der Waals surface area contributed by atoms with Crippen LogP contribution in [0.15, 0.2) is 23.6 Å². The van der Waals surface area contributed by atoms with Crippen LogP contribution in [0.4, 0.5) is 0 Å². The molecule has 0 saturated carbocycles. The lowest BCUT2D eigenvalue weighted by molar-refractivity contribution is 0.903. The Kier molecular flexibility index (Phi) is 1.85. The lowest BCUT2D eigenvalue weighted by Crippen LogP contribution is -1.88. The third-order valence-electron chi connectivity index (χ3n) is 0.825. The number of hydrogen-bond acceptors (Lipinski definition) is 4. The molecule has 0 spiro atoms. The molecule has 9 heavy (non-hydrogen) atoms. The van der Waals surface area contributed by atoms with Gasteiger partial charge in [0.1, 0.15) is 6.54 Å². The van der Waals surface area contributed by atoms with Crippen LogP contribution in [0.1, 0.15) is 5.82 Å². The van der Waals surface area contributed by atoms with Gasteiger partial charge in [0.05, 0.1) is 0 Å². The van der Waals surface area contributed by atoms with Gasteiger partial charge in [-0.25, -0.2) is 9.97 Å². The van der Waals surface area contributed by atoms with Crippen LogP contribution in [0.2, 0.25) is 0 Å². The third-order valence-corrected chi connectivity index (χ3v) is 0.825. The molecular formula is C5H5N3O. The first-order chi connectivity index (χ1) is 4.43. The molecule has 0 unspecified atom stereocenters. The second kappa shape index (κ2) is 2.86. The van der Waals surface area contributed by atoms with Crippen molar-refractivity contribution in [1.29, 1.82) is 0 Å². The lowest BCUT2D eigenvalue weighted by Gasteiger charge is -1.86. The van der Waals surface area contributed by atoms with Gasteiger partial charge in [0, 0.05) is 12.4 Å². The van der Waals surface area contributed by atoms with Crippen molar-refractivity contribution in [1.82, 2.24) is 9.97 Å². The Bertz CT molecular complexity index is 187. The molecular weight excluding hydrogens is 118 g/mol. The van der Waals surface area contributed by atoms with E-state index in [1.165, 1.54) is 0 Å². The van der Waals surface area contributed by atoms with Crippen LogP contribution in [0, 0.1) is 4.91 Å². The van der Waals surface area contributed by atoms with Crippen LogP contribution in [0.5, 0.6) is 0 Å². The van der Waals surface area contributed by atoms with Crippen LogP contribution in [-0.2, 0) is 6.54 Å². The van der Waals surface area contributed by atoms with Crippen molar-refractivity contribution in [3.63, 3.8) is 0 Å². The quantitative estimate of drug-likeness (QED) is 0.545. The zero-order valence-electron chi connectivity index (χ0n) is 4.69. The first kappa shape index (κ1) is 5.81. The molecule has 0 atom stereocenters. The number of nitroso groups, excluding NO2 is 1. The molecule has 4 heteroatoms. The molecule has 0 aliphatic carbocycles. The van der Waals surface area contributed by atoms with Crippen molar-refractivity contribution in [3.05, 3.63) is 29.2 Å². The zero-order chi connectivity index (χ0) is 6.53. The summed E-state index contributed by atoms with van der Waals surface area (Å²) in [6.45, 7) is 0.0564. The topological polar surface area (TPSA) is 55.2 Å². The molecule has 0 aliphatic heterocycles. The summed E-state index contributed by atoms with van der Waals surface area (Å²) < 4.78 is 0. The highest BCUT2D eigenvalue weighted by Gasteiger charge is 1.89. The van der Waals surface area contributed by atoms with E-state index in [9.17, 15) is 4.91 Å². The minimum absolute atomic E-state index is 0.0564. The van der Waals surface area contributed by atoms with Gasteiger partial charge in [-0.3, -0.25) is 0 Å². The molecule has 0 aliphatic rings. The van der Waals surface area contributed by atoms with Gasteiger partial charge < -0.3 is 0 Å². The molecule has 4 nitrogen and oxygen atoms in total. The Balaban J connectivity index is 2.72. The van der Waals surface area contributed by atoms with E-state index in [4.69, 9.17) is 0 Å². The van der Waals surface area contributed by atoms with Crippen LogP contribution >= 0.6 is 0 Å². The predicted molar refractivity (Wildman–Crippen MR) is 31.5 cm³/mol. The molecule has 1 rings (SSSR count). The molecule has 1 aromatic rings. The molecule has 0 fully saturated rings. The van der Waals surface area contributed by atoms with E-state index in [-0.39, 0.29) is 6.54 Å². The average molecular weight is 123 g/mol. The normalized spacial score (nSPS) is 8.89. The third kappa shape index (κ3) is 1.56. The Hall–Kier alpha value is -1.32. The Labute approximate surface area is 51.9 Å². The molecule has 1 aromatic heterocycles. The van der Waals surface area contributed by atoms with E-state index >= 15 is 0 Å². The van der Waals surface area contributed by atoms with E-state index in [2.05, 4.69) is 15.1 Å². The summed E-state index contributed by atoms with van der Waals surface area (Å²) in [4.78, 5) is 17.2. The smallest absolute Gasteiger partial charge is 0.153 e. The van der Waals surface area contributed by atoms with Gasteiger partial charge in [0.25, 0.3) is 0 Å². The van der Waals surface area contributed by atoms with E-state index in [1.54, 1.807) is 18.5 Å². The Morgan fingerprint density at radius 3 is 2.67 bits per heavy atom. The second-order valence-electron chi connectivity index (χ2n) is 1.45. The maximum atomic E-state index is 9.64. The van der Waals surface area contributed by atoms with Crippen LogP contribution < -0.4 is 0 Å². The van der Waals surface area contributed by atoms with Crippen LogP contribution in [0.3, 0.4) is 0 Å². The van der Waals surface area contributed by atoms with E-state index in [0.717, 1.165) is 0 Å². The fraction of sp³-hybridized carbons (Fsp3) is 0.200. The Morgan fingerprint density at radius 2 is 2.11 bits per heavy atom. The highest BCUT2D eigenvalue weighted by atomic mass is 16.3. The minimum atomic E-state index is 0.0564. The van der Waals surface area contributed by atoms with Gasteiger partial charge in [-0.05, 0) is 6.07 Å². The minimum Gasteiger partial charge on any atom is -0.239 e. The summed E-state index contributed by atoms with van der Waals surface area (Å²) in [5, 5.41) is 2.63. The zero-order valence-corrected chi connectivity index (χ0v) is 4.69. The summed E-state index contributed by atoms with van der Waals surface area (Å²) in [6, 6.07) is 1.69. The van der Waals surface area contributed by atoms with Gasteiger partial charge in [0.15, 0.2) is 5.82 Å². The van der Waals surface area contributed by atoms with Crippen molar-refractivity contribution in [2.24, 2.45) is 5.18 Å². The first-order valence-electron chi connectivity index (χ1n) is 2.48. The summed E-state index contributed by atoms with van der Waals surface area (Å²) in [6.07, 6.45) is 3.15. The van der Waals surface area contributed by atoms with Crippen LogP contribution in [0.25, 0.3) is 0 Å². The van der Waals surface area contributed by atoms with E-state index in [0.29, 0.717) is 5.82 Å². The summed E-state index contributed by atoms with van der Waals surface area (Å²) in [5.74, 6) is 0.465. The number of nitrogens with zero attached hydrogens (tertiary/aromatic N) is 3.